The molecule has 1 unspecified atom stereocenters. The Labute approximate surface area is 126 Å². The Kier molecular flexibility index (Phi) is 7.12. The van der Waals surface area contributed by atoms with E-state index in [9.17, 15) is 14.3 Å². The molecule has 0 aliphatic heterocycles. The number of aliphatic hydroxyl groups excluding tert-OH is 1. The normalized spacial score (nSPS) is 12.5. The van der Waals surface area contributed by atoms with E-state index in [4.69, 9.17) is 4.74 Å². The van der Waals surface area contributed by atoms with E-state index in [0.717, 1.165) is 0 Å². The van der Waals surface area contributed by atoms with E-state index in [1.54, 1.807) is 6.07 Å². The number of ether oxygens (including phenoxy) is 1. The second-order valence-corrected chi connectivity index (χ2v) is 5.75. The lowest BCUT2D eigenvalue weighted by atomic mass is 10.2. The van der Waals surface area contributed by atoms with Gasteiger partial charge in [-0.25, -0.2) is 4.39 Å². The summed E-state index contributed by atoms with van der Waals surface area (Å²) in [7, 11) is 0. The molecule has 1 amide bonds. The van der Waals surface area contributed by atoms with Crippen LogP contribution in [0.1, 0.15) is 24.2 Å². The predicted molar refractivity (Wildman–Crippen MR) is 78.1 cm³/mol. The van der Waals surface area contributed by atoms with Gasteiger partial charge in [0, 0.05) is 17.6 Å². The van der Waals surface area contributed by atoms with Crippen molar-refractivity contribution in [3.05, 3.63) is 34.1 Å². The molecule has 0 spiro atoms. The number of carbonyl (C=O) groups excluding carboxylic acids is 1. The summed E-state index contributed by atoms with van der Waals surface area (Å²) in [5.41, 5.74) is -0.0669. The highest BCUT2D eigenvalue weighted by Crippen LogP contribution is 2.19. The molecule has 1 atom stereocenters. The van der Waals surface area contributed by atoms with Crippen LogP contribution in [-0.2, 0) is 4.74 Å². The zero-order chi connectivity index (χ0) is 15.1. The van der Waals surface area contributed by atoms with E-state index in [-0.39, 0.29) is 18.7 Å². The number of nitrogens with one attached hydrogen (secondary N) is 1. The van der Waals surface area contributed by atoms with E-state index in [0.29, 0.717) is 17.0 Å². The number of aliphatic hydroxyl groups is 1. The van der Waals surface area contributed by atoms with Gasteiger partial charge in [0.25, 0.3) is 5.91 Å². The summed E-state index contributed by atoms with van der Waals surface area (Å²) < 4.78 is 19.2. The van der Waals surface area contributed by atoms with E-state index in [1.807, 2.05) is 13.8 Å². The minimum atomic E-state index is -0.816. The van der Waals surface area contributed by atoms with Crippen LogP contribution >= 0.6 is 15.9 Å². The van der Waals surface area contributed by atoms with Gasteiger partial charge in [0.1, 0.15) is 5.82 Å². The first-order valence-electron chi connectivity index (χ1n) is 6.39. The van der Waals surface area contributed by atoms with Crippen molar-refractivity contribution in [3.63, 3.8) is 0 Å². The number of rotatable bonds is 7. The van der Waals surface area contributed by atoms with Gasteiger partial charge in [-0.15, -0.1) is 0 Å². The molecule has 0 heterocycles. The maximum absolute atomic E-state index is 13.5. The van der Waals surface area contributed by atoms with Crippen molar-refractivity contribution in [2.45, 2.75) is 20.0 Å². The highest BCUT2D eigenvalue weighted by molar-refractivity contribution is 9.10. The first-order chi connectivity index (χ1) is 9.41. The van der Waals surface area contributed by atoms with Gasteiger partial charge in [-0.2, -0.15) is 0 Å². The number of carbonyl (C=O) groups is 1. The number of hydrogen-bond donors (Lipinski definition) is 2. The summed E-state index contributed by atoms with van der Waals surface area (Å²) in [6, 6.07) is 4.30. The molecule has 2 N–H and O–H groups in total. The van der Waals surface area contributed by atoms with Crippen LogP contribution in [0, 0.1) is 11.7 Å². The predicted octanol–water partition coefficient (Wildman–Crippen LogP) is 2.35. The highest BCUT2D eigenvalue weighted by atomic mass is 79.9. The summed E-state index contributed by atoms with van der Waals surface area (Å²) in [5.74, 6) is -0.800. The van der Waals surface area contributed by atoms with Crippen molar-refractivity contribution in [2.75, 3.05) is 19.8 Å². The molecule has 0 saturated heterocycles. The lowest BCUT2D eigenvalue weighted by molar-refractivity contribution is 0.0259. The molecule has 0 aliphatic rings. The molecule has 1 aromatic rings. The fourth-order valence-corrected chi connectivity index (χ4v) is 2.03. The second kappa shape index (κ2) is 8.34. The van der Waals surface area contributed by atoms with Crippen LogP contribution in [0.4, 0.5) is 4.39 Å². The van der Waals surface area contributed by atoms with Gasteiger partial charge in [0.15, 0.2) is 0 Å². The molecule has 112 valence electrons. The minimum absolute atomic E-state index is 0.0116. The van der Waals surface area contributed by atoms with Crippen LogP contribution in [0.15, 0.2) is 22.7 Å². The Morgan fingerprint density at radius 1 is 1.45 bits per heavy atom. The van der Waals surface area contributed by atoms with Crippen LogP contribution in [-0.4, -0.2) is 36.9 Å². The van der Waals surface area contributed by atoms with E-state index >= 15 is 0 Å². The van der Waals surface area contributed by atoms with Crippen LogP contribution in [0.25, 0.3) is 0 Å². The molecular formula is C14H19BrFNO3. The Morgan fingerprint density at radius 3 is 2.75 bits per heavy atom. The number of amides is 1. The van der Waals surface area contributed by atoms with Crippen LogP contribution in [0.3, 0.4) is 0 Å². The number of benzene rings is 1. The van der Waals surface area contributed by atoms with Crippen LogP contribution in [0.5, 0.6) is 0 Å². The molecule has 0 bridgehead atoms. The highest BCUT2D eigenvalue weighted by Gasteiger charge is 2.16. The van der Waals surface area contributed by atoms with Gasteiger partial charge >= 0.3 is 0 Å². The van der Waals surface area contributed by atoms with E-state index in [1.165, 1.54) is 12.1 Å². The maximum Gasteiger partial charge on any atom is 0.255 e. The second-order valence-electron chi connectivity index (χ2n) is 4.89. The summed E-state index contributed by atoms with van der Waals surface area (Å²) >= 11 is 3.12. The fraction of sp³-hybridized carbons (Fsp3) is 0.500. The lowest BCUT2D eigenvalue weighted by Gasteiger charge is -2.14. The van der Waals surface area contributed by atoms with Gasteiger partial charge in [0.2, 0.25) is 0 Å². The van der Waals surface area contributed by atoms with Gasteiger partial charge in [-0.1, -0.05) is 19.9 Å². The molecule has 6 heteroatoms. The van der Waals surface area contributed by atoms with Crippen LogP contribution in [0.2, 0.25) is 0 Å². The Morgan fingerprint density at radius 2 is 2.15 bits per heavy atom. The summed E-state index contributed by atoms with van der Waals surface area (Å²) in [6.07, 6.45) is -0.816. The molecular weight excluding hydrogens is 329 g/mol. The van der Waals surface area contributed by atoms with Gasteiger partial charge in [0.05, 0.1) is 18.3 Å². The van der Waals surface area contributed by atoms with Crippen LogP contribution < -0.4 is 5.32 Å². The first kappa shape index (κ1) is 17.1. The molecule has 0 aliphatic carbocycles. The molecule has 1 rings (SSSR count). The van der Waals surface area contributed by atoms with Crippen molar-refractivity contribution in [2.24, 2.45) is 5.92 Å². The average Bonchev–Trinajstić information content (AvgIpc) is 2.35. The third-order valence-electron chi connectivity index (χ3n) is 2.45. The Bertz CT molecular complexity index is 434. The Hall–Kier alpha value is -0.980. The third kappa shape index (κ3) is 5.56. The number of halogens is 2. The lowest BCUT2D eigenvalue weighted by Crippen LogP contribution is -2.35. The largest absolute Gasteiger partial charge is 0.389 e. The summed E-state index contributed by atoms with van der Waals surface area (Å²) in [6.45, 7) is 4.70. The average molecular weight is 348 g/mol. The van der Waals surface area contributed by atoms with E-state index in [2.05, 4.69) is 21.2 Å². The smallest absolute Gasteiger partial charge is 0.255 e. The molecule has 0 aromatic heterocycles. The zero-order valence-electron chi connectivity index (χ0n) is 11.5. The summed E-state index contributed by atoms with van der Waals surface area (Å²) in [5, 5.41) is 12.1. The first-order valence-corrected chi connectivity index (χ1v) is 7.19. The fourth-order valence-electron chi connectivity index (χ4n) is 1.51. The van der Waals surface area contributed by atoms with Gasteiger partial charge in [-0.3, -0.25) is 4.79 Å². The zero-order valence-corrected chi connectivity index (χ0v) is 13.1. The van der Waals surface area contributed by atoms with Crippen molar-refractivity contribution in [3.8, 4) is 0 Å². The number of hydrogen-bond acceptors (Lipinski definition) is 3. The Balaban J connectivity index is 2.43. The molecule has 0 radical (unpaired) electrons. The molecule has 1 aromatic carbocycles. The summed E-state index contributed by atoms with van der Waals surface area (Å²) in [4.78, 5) is 11.8. The standard InChI is InChI=1S/C14H19BrFNO3/c1-9(2)7-20-8-10(18)6-17-14(19)13-11(15)4-3-5-12(13)16/h3-5,9-10,18H,6-8H2,1-2H3,(H,17,19). The molecule has 0 fully saturated rings. The minimum Gasteiger partial charge on any atom is -0.389 e. The topological polar surface area (TPSA) is 58.6 Å². The van der Waals surface area contributed by atoms with Crippen molar-refractivity contribution in [1.29, 1.82) is 0 Å². The SMILES string of the molecule is CC(C)COCC(O)CNC(=O)c1c(F)cccc1Br. The monoisotopic (exact) mass is 347 g/mol. The maximum atomic E-state index is 13.5. The van der Waals surface area contributed by atoms with Crippen molar-refractivity contribution in [1.82, 2.24) is 5.32 Å². The third-order valence-corrected chi connectivity index (χ3v) is 3.11. The van der Waals surface area contributed by atoms with Gasteiger partial charge in [-0.05, 0) is 34.0 Å². The molecule has 4 nitrogen and oxygen atoms in total. The van der Waals surface area contributed by atoms with E-state index < -0.39 is 17.8 Å². The van der Waals surface area contributed by atoms with Gasteiger partial charge < -0.3 is 15.2 Å². The van der Waals surface area contributed by atoms with Crippen molar-refractivity contribution >= 4 is 21.8 Å². The molecule has 20 heavy (non-hydrogen) atoms. The quantitative estimate of drug-likeness (QED) is 0.795. The van der Waals surface area contributed by atoms with Crippen molar-refractivity contribution < 1.29 is 19.0 Å². The molecule has 0 saturated carbocycles.